The molecule has 0 amide bonds. The molecule has 0 aliphatic heterocycles. The summed E-state index contributed by atoms with van der Waals surface area (Å²) in [6, 6.07) is 7.27. The van der Waals surface area contributed by atoms with Gasteiger partial charge in [-0.05, 0) is 19.1 Å². The van der Waals surface area contributed by atoms with Gasteiger partial charge < -0.3 is 4.74 Å². The van der Waals surface area contributed by atoms with Crippen LogP contribution in [0.4, 0.5) is 0 Å². The van der Waals surface area contributed by atoms with Crippen LogP contribution in [0, 0.1) is 0 Å². The quantitative estimate of drug-likeness (QED) is 0.304. The summed E-state index contributed by atoms with van der Waals surface area (Å²) in [6.07, 6.45) is 0. The van der Waals surface area contributed by atoms with E-state index in [-0.39, 0.29) is 6.61 Å². The van der Waals surface area contributed by atoms with Crippen LogP contribution < -0.4 is 5.19 Å². The van der Waals surface area contributed by atoms with Gasteiger partial charge in [-0.25, -0.2) is 4.79 Å². The third-order valence-electron chi connectivity index (χ3n) is 3.24. The first-order chi connectivity index (χ1) is 10.1. The topological polar surface area (TPSA) is 44.8 Å². The van der Waals surface area contributed by atoms with Crippen molar-refractivity contribution < 1.29 is 19.3 Å². The first kappa shape index (κ1) is 17.4. The van der Waals surface area contributed by atoms with Crippen molar-refractivity contribution in [3.63, 3.8) is 0 Å². The molecule has 0 aromatic heterocycles. The molecule has 0 atom stereocenters. The maximum absolute atomic E-state index is 11.8. The second-order valence-corrected chi connectivity index (χ2v) is 8.62. The first-order valence-electron chi connectivity index (χ1n) is 6.86. The Morgan fingerprint density at radius 3 is 2.33 bits per heavy atom. The van der Waals surface area contributed by atoms with Gasteiger partial charge in [0.2, 0.25) is 0 Å². The summed E-state index contributed by atoms with van der Waals surface area (Å²) in [7, 11) is -1.84. The summed E-state index contributed by atoms with van der Waals surface area (Å²) in [4.78, 5) is 21.3. The molecule has 1 aromatic carbocycles. The lowest BCUT2D eigenvalue weighted by molar-refractivity contribution is -0.247. The van der Waals surface area contributed by atoms with Gasteiger partial charge in [-0.3, -0.25) is 4.89 Å². The minimum Gasteiger partial charge on any atom is -0.379 e. The Kier molecular flexibility index (Phi) is 7.08. The largest absolute Gasteiger partial charge is 0.379 e. The lowest BCUT2D eigenvalue weighted by Crippen LogP contribution is -2.40. The summed E-state index contributed by atoms with van der Waals surface area (Å²) in [5.41, 5.74) is 4.34. The van der Waals surface area contributed by atoms with E-state index < -0.39 is 14.0 Å². The fourth-order valence-corrected chi connectivity index (χ4v) is 3.19. The Bertz CT molecular complexity index is 474. The van der Waals surface area contributed by atoms with Gasteiger partial charge >= 0.3 is 5.97 Å². The molecule has 1 aromatic rings. The van der Waals surface area contributed by atoms with Crippen molar-refractivity contribution in [2.24, 2.45) is 0 Å². The van der Waals surface area contributed by atoms with E-state index in [0.717, 1.165) is 5.19 Å². The smallest absolute Gasteiger partial charge is 0.373 e. The molecule has 0 N–H and O–H groups in total. The molecule has 0 radical (unpaired) electrons. The van der Waals surface area contributed by atoms with E-state index in [1.54, 1.807) is 12.1 Å². The summed E-state index contributed by atoms with van der Waals surface area (Å²) in [5.74, 6) is -0.515. The molecule has 0 saturated carbocycles. The molecule has 1 rings (SSSR count). The third kappa shape index (κ3) is 4.97. The fourth-order valence-electron chi connectivity index (χ4n) is 1.67. The van der Waals surface area contributed by atoms with Crippen LogP contribution in [0.2, 0.25) is 6.55 Å². The number of hydrogen-bond acceptors (Lipinski definition) is 4. The predicted octanol–water partition coefficient (Wildman–Crippen LogP) is 2.55. The Hall–Kier alpha value is -1.69. The Morgan fingerprint density at radius 1 is 1.19 bits per heavy atom. The maximum atomic E-state index is 11.8. The average Bonchev–Trinajstić information content (AvgIpc) is 2.54. The van der Waals surface area contributed by atoms with Crippen molar-refractivity contribution in [2.45, 2.75) is 13.5 Å². The maximum Gasteiger partial charge on any atom is 0.373 e. The first-order valence-corrected chi connectivity index (χ1v) is 9.52. The van der Waals surface area contributed by atoms with Crippen molar-refractivity contribution in [3.8, 4) is 0 Å². The van der Waals surface area contributed by atoms with Crippen LogP contribution >= 0.6 is 0 Å². The molecule has 21 heavy (non-hydrogen) atoms. The van der Waals surface area contributed by atoms with Crippen LogP contribution in [0.3, 0.4) is 0 Å². The predicted molar refractivity (Wildman–Crippen MR) is 85.9 cm³/mol. The monoisotopic (exact) mass is 306 g/mol. The van der Waals surface area contributed by atoms with Gasteiger partial charge in [0, 0.05) is 6.61 Å². The molecular weight excluding hydrogens is 284 g/mol. The van der Waals surface area contributed by atoms with Crippen molar-refractivity contribution in [2.75, 3.05) is 19.8 Å². The fraction of sp³-hybridized carbons (Fsp3) is 0.312. The molecule has 5 heteroatoms. The van der Waals surface area contributed by atoms with E-state index in [0.29, 0.717) is 18.8 Å². The SMILES string of the molecule is C=C[Si](C)(C=C)c1ccc(C(=O)OOCCOCC)cc1. The molecule has 0 bridgehead atoms. The van der Waals surface area contributed by atoms with Crippen molar-refractivity contribution in [3.05, 3.63) is 54.4 Å². The second-order valence-electron chi connectivity index (χ2n) is 4.66. The lowest BCUT2D eigenvalue weighted by atomic mass is 10.2. The van der Waals surface area contributed by atoms with Crippen LogP contribution in [0.5, 0.6) is 0 Å². The molecule has 0 saturated heterocycles. The zero-order valence-electron chi connectivity index (χ0n) is 12.6. The highest BCUT2D eigenvalue weighted by Gasteiger charge is 2.22. The Balaban J connectivity index is 2.59. The molecule has 0 aliphatic carbocycles. The van der Waals surface area contributed by atoms with Gasteiger partial charge in [-0.2, -0.15) is 4.89 Å². The zero-order chi connectivity index (χ0) is 15.7. The number of hydrogen-bond donors (Lipinski definition) is 0. The normalized spacial score (nSPS) is 11.0. The van der Waals surface area contributed by atoms with Crippen LogP contribution in [-0.2, 0) is 14.5 Å². The molecule has 114 valence electrons. The highest BCUT2D eigenvalue weighted by Crippen LogP contribution is 2.08. The lowest BCUT2D eigenvalue weighted by Gasteiger charge is -2.19. The zero-order valence-corrected chi connectivity index (χ0v) is 13.6. The van der Waals surface area contributed by atoms with E-state index in [1.165, 1.54) is 0 Å². The van der Waals surface area contributed by atoms with Gasteiger partial charge in [0.15, 0.2) is 0 Å². The van der Waals surface area contributed by atoms with Gasteiger partial charge in [0.1, 0.15) is 14.7 Å². The van der Waals surface area contributed by atoms with Crippen LogP contribution in [0.25, 0.3) is 0 Å². The molecule has 0 unspecified atom stereocenters. The molecule has 0 heterocycles. The highest BCUT2D eigenvalue weighted by molar-refractivity contribution is 6.98. The van der Waals surface area contributed by atoms with Crippen molar-refractivity contribution in [1.82, 2.24) is 0 Å². The Labute approximate surface area is 127 Å². The van der Waals surface area contributed by atoms with E-state index in [4.69, 9.17) is 14.5 Å². The summed E-state index contributed by atoms with van der Waals surface area (Å²) in [6.45, 7) is 13.0. The summed E-state index contributed by atoms with van der Waals surface area (Å²) >= 11 is 0. The minimum absolute atomic E-state index is 0.218. The van der Waals surface area contributed by atoms with Gasteiger partial charge in [-0.1, -0.05) is 35.3 Å². The highest BCUT2D eigenvalue weighted by atomic mass is 28.3. The standard InChI is InChI=1S/C16H22O4Si/c1-5-18-12-13-19-20-16(17)14-8-10-15(11-9-14)21(4,6-2)7-3/h6-11H,2-3,5,12-13H2,1,4H3. The van der Waals surface area contributed by atoms with Crippen LogP contribution in [0.1, 0.15) is 17.3 Å². The van der Waals surface area contributed by atoms with E-state index in [2.05, 4.69) is 19.7 Å². The average molecular weight is 306 g/mol. The summed E-state index contributed by atoms with van der Waals surface area (Å²) < 4.78 is 5.07. The molecular formula is C16H22O4Si. The van der Waals surface area contributed by atoms with Crippen LogP contribution in [-0.4, -0.2) is 33.9 Å². The van der Waals surface area contributed by atoms with E-state index in [9.17, 15) is 4.79 Å². The molecule has 0 fully saturated rings. The van der Waals surface area contributed by atoms with Gasteiger partial charge in [-0.15, -0.1) is 13.2 Å². The molecule has 0 spiro atoms. The van der Waals surface area contributed by atoms with Gasteiger partial charge in [0.25, 0.3) is 0 Å². The minimum atomic E-state index is -1.84. The van der Waals surface area contributed by atoms with E-state index in [1.807, 2.05) is 30.5 Å². The Morgan fingerprint density at radius 2 is 1.81 bits per heavy atom. The van der Waals surface area contributed by atoms with Crippen molar-refractivity contribution >= 4 is 19.2 Å². The second kappa shape index (κ2) is 8.56. The number of ether oxygens (including phenoxy) is 1. The summed E-state index contributed by atoms with van der Waals surface area (Å²) in [5, 5.41) is 1.14. The number of carbonyl (C=O) groups excluding carboxylic acids is 1. The number of rotatable bonds is 9. The third-order valence-corrected chi connectivity index (χ3v) is 6.51. The van der Waals surface area contributed by atoms with E-state index >= 15 is 0 Å². The van der Waals surface area contributed by atoms with Gasteiger partial charge in [0.05, 0.1) is 12.2 Å². The number of benzene rings is 1. The van der Waals surface area contributed by atoms with Crippen molar-refractivity contribution in [1.29, 1.82) is 0 Å². The van der Waals surface area contributed by atoms with Crippen LogP contribution in [0.15, 0.2) is 48.8 Å². The molecule has 4 nitrogen and oxygen atoms in total. The molecule has 0 aliphatic rings. The number of carbonyl (C=O) groups is 1.